The van der Waals surface area contributed by atoms with Crippen molar-refractivity contribution in [2.24, 2.45) is 0 Å². The molecule has 2 aromatic heterocycles. The number of carbonyl (C=O) groups is 1. The highest BCUT2D eigenvalue weighted by molar-refractivity contribution is 5.92. The van der Waals surface area contributed by atoms with Gasteiger partial charge in [0.05, 0.1) is 5.52 Å². The predicted molar refractivity (Wildman–Crippen MR) is 150 cm³/mol. The van der Waals surface area contributed by atoms with E-state index in [2.05, 4.69) is 69.6 Å². The minimum Gasteiger partial charge on any atom is -0.351 e. The second-order valence-corrected chi connectivity index (χ2v) is 11.0. The van der Waals surface area contributed by atoms with Crippen LogP contribution in [-0.2, 0) is 24.3 Å². The Bertz CT molecular complexity index is 1430. The number of carbonyl (C=O) groups excluding carboxylic acids is 1. The van der Waals surface area contributed by atoms with Gasteiger partial charge in [0.2, 0.25) is 5.91 Å². The molecular formula is C29H37N7O2. The Morgan fingerprint density at radius 1 is 1.16 bits per heavy atom. The molecule has 1 N–H and O–H groups in total. The largest absolute Gasteiger partial charge is 0.351 e. The van der Waals surface area contributed by atoms with Gasteiger partial charge in [-0.25, -0.2) is 4.79 Å². The van der Waals surface area contributed by atoms with Crippen LogP contribution in [-0.4, -0.2) is 94.5 Å². The standard InChI is InChI=1S/C29H37N7O2/c1-4-26(37)34-13-15-35(16-14-34)28-27-25(36(29(38)31-28)18-21-8-6-11-33(21)3)17-24(30-27)22-9-5-7-20-10-12-32(2)19-23(20)22/h4-5,7,9,17,21,30H,1,6,8,10-16,18-19H2,2-3H3/t21-/m0/s1. The van der Waals surface area contributed by atoms with Crippen LogP contribution in [0.2, 0.25) is 0 Å². The number of amides is 1. The molecule has 38 heavy (non-hydrogen) atoms. The van der Waals surface area contributed by atoms with E-state index in [-0.39, 0.29) is 11.6 Å². The molecule has 3 aromatic rings. The number of fused-ring (bicyclic) bond motifs is 2. The Morgan fingerprint density at radius 3 is 2.71 bits per heavy atom. The van der Waals surface area contributed by atoms with Crippen LogP contribution in [0.1, 0.15) is 24.0 Å². The van der Waals surface area contributed by atoms with Crippen LogP contribution in [0.4, 0.5) is 5.82 Å². The van der Waals surface area contributed by atoms with Crippen molar-refractivity contribution < 1.29 is 4.79 Å². The first kappa shape index (κ1) is 24.9. The van der Waals surface area contributed by atoms with Gasteiger partial charge in [-0.1, -0.05) is 24.8 Å². The highest BCUT2D eigenvalue weighted by atomic mass is 16.2. The molecule has 3 aliphatic heterocycles. The number of hydrogen-bond donors (Lipinski definition) is 1. The number of H-pyrrole nitrogens is 1. The van der Waals surface area contributed by atoms with Crippen molar-refractivity contribution in [1.82, 2.24) is 29.2 Å². The molecular weight excluding hydrogens is 478 g/mol. The van der Waals surface area contributed by atoms with Crippen molar-refractivity contribution in [1.29, 1.82) is 0 Å². The summed E-state index contributed by atoms with van der Waals surface area (Å²) in [6.45, 7) is 9.68. The van der Waals surface area contributed by atoms with Gasteiger partial charge in [0.1, 0.15) is 5.52 Å². The molecule has 9 nitrogen and oxygen atoms in total. The minimum absolute atomic E-state index is 0.0557. The SMILES string of the molecule is C=CC(=O)N1CCN(c2nc(=O)n(C[C@@H]3CCCN3C)c3cc(-c4cccc5c4CN(C)CC5)[nH]c23)CC1. The quantitative estimate of drug-likeness (QED) is 0.526. The maximum absolute atomic E-state index is 13.5. The van der Waals surface area contributed by atoms with Gasteiger partial charge in [0, 0.05) is 63.1 Å². The normalized spacial score (nSPS) is 20.7. The Balaban J connectivity index is 1.45. The van der Waals surface area contributed by atoms with Crippen LogP contribution < -0.4 is 10.6 Å². The molecule has 6 rings (SSSR count). The Morgan fingerprint density at radius 2 is 1.97 bits per heavy atom. The monoisotopic (exact) mass is 515 g/mol. The zero-order valence-electron chi connectivity index (χ0n) is 22.4. The van der Waals surface area contributed by atoms with Gasteiger partial charge in [0.15, 0.2) is 5.82 Å². The molecule has 2 saturated heterocycles. The molecule has 0 aliphatic carbocycles. The number of piperazine rings is 1. The van der Waals surface area contributed by atoms with Crippen LogP contribution in [0.25, 0.3) is 22.3 Å². The molecule has 1 atom stereocenters. The van der Waals surface area contributed by atoms with Crippen molar-refractivity contribution >= 4 is 22.8 Å². The van der Waals surface area contributed by atoms with Crippen molar-refractivity contribution in [3.63, 3.8) is 0 Å². The highest BCUT2D eigenvalue weighted by Crippen LogP contribution is 2.34. The molecule has 0 spiro atoms. The third kappa shape index (κ3) is 4.43. The van der Waals surface area contributed by atoms with Crippen LogP contribution >= 0.6 is 0 Å². The molecule has 0 bridgehead atoms. The van der Waals surface area contributed by atoms with Gasteiger partial charge in [0.25, 0.3) is 0 Å². The van der Waals surface area contributed by atoms with E-state index in [0.717, 1.165) is 55.6 Å². The molecule has 1 aromatic carbocycles. The first-order valence-corrected chi connectivity index (χ1v) is 13.7. The van der Waals surface area contributed by atoms with E-state index >= 15 is 0 Å². The molecule has 0 radical (unpaired) electrons. The number of nitrogens with zero attached hydrogens (tertiary/aromatic N) is 6. The second-order valence-electron chi connectivity index (χ2n) is 11.0. The smallest absolute Gasteiger partial charge is 0.350 e. The molecule has 9 heteroatoms. The summed E-state index contributed by atoms with van der Waals surface area (Å²) in [5, 5.41) is 0. The lowest BCUT2D eigenvalue weighted by Gasteiger charge is -2.35. The van der Waals surface area contributed by atoms with E-state index in [0.29, 0.717) is 44.6 Å². The zero-order valence-corrected chi connectivity index (χ0v) is 22.4. The Kier molecular flexibility index (Phi) is 6.57. The second kappa shape index (κ2) is 10.0. The maximum atomic E-state index is 13.5. The zero-order chi connectivity index (χ0) is 26.4. The Labute approximate surface area is 223 Å². The van der Waals surface area contributed by atoms with E-state index in [4.69, 9.17) is 0 Å². The summed E-state index contributed by atoms with van der Waals surface area (Å²) in [5.41, 5.74) is 6.54. The summed E-state index contributed by atoms with van der Waals surface area (Å²) in [4.78, 5) is 42.6. The fourth-order valence-corrected chi connectivity index (χ4v) is 6.34. The molecule has 200 valence electrons. The van der Waals surface area contributed by atoms with Crippen LogP contribution in [0, 0.1) is 0 Å². The van der Waals surface area contributed by atoms with E-state index in [9.17, 15) is 9.59 Å². The summed E-state index contributed by atoms with van der Waals surface area (Å²) < 4.78 is 1.87. The van der Waals surface area contributed by atoms with Gasteiger partial charge in [-0.2, -0.15) is 4.98 Å². The predicted octanol–water partition coefficient (Wildman–Crippen LogP) is 2.31. The van der Waals surface area contributed by atoms with Crippen LogP contribution in [0.3, 0.4) is 0 Å². The average Bonchev–Trinajstić information content (AvgIpc) is 3.55. The molecule has 1 amide bonds. The minimum atomic E-state index is -0.210. The fourth-order valence-electron chi connectivity index (χ4n) is 6.34. The van der Waals surface area contributed by atoms with Crippen molar-refractivity contribution in [2.75, 3.05) is 58.3 Å². The third-order valence-electron chi connectivity index (χ3n) is 8.63. The lowest BCUT2D eigenvalue weighted by atomic mass is 9.94. The molecule has 3 aliphatic rings. The van der Waals surface area contributed by atoms with Gasteiger partial charge in [-0.05, 0) is 63.2 Å². The number of anilines is 1. The molecule has 0 unspecified atom stereocenters. The lowest BCUT2D eigenvalue weighted by molar-refractivity contribution is -0.126. The summed E-state index contributed by atoms with van der Waals surface area (Å²) in [7, 11) is 4.31. The Hall–Kier alpha value is -3.43. The third-order valence-corrected chi connectivity index (χ3v) is 8.63. The summed E-state index contributed by atoms with van der Waals surface area (Å²) in [6.07, 6.45) is 4.64. The number of nitrogens with one attached hydrogen (secondary N) is 1. The maximum Gasteiger partial charge on any atom is 0.350 e. The van der Waals surface area contributed by atoms with Gasteiger partial charge in [-0.3, -0.25) is 9.36 Å². The lowest BCUT2D eigenvalue weighted by Crippen LogP contribution is -2.49. The van der Waals surface area contributed by atoms with Crippen molar-refractivity contribution in [3.8, 4) is 11.3 Å². The number of rotatable bonds is 5. The number of likely N-dealkylation sites (N-methyl/N-ethyl adjacent to an activating group) is 2. The summed E-state index contributed by atoms with van der Waals surface area (Å²) >= 11 is 0. The highest BCUT2D eigenvalue weighted by Gasteiger charge is 2.28. The number of aromatic nitrogens is 3. The van der Waals surface area contributed by atoms with E-state index < -0.39 is 0 Å². The van der Waals surface area contributed by atoms with E-state index in [1.807, 2.05) is 4.57 Å². The van der Waals surface area contributed by atoms with Crippen molar-refractivity contribution in [3.05, 3.63) is 58.5 Å². The number of likely N-dealkylation sites (tertiary alicyclic amines) is 1. The number of hydrogen-bond acceptors (Lipinski definition) is 6. The molecule has 0 saturated carbocycles. The van der Waals surface area contributed by atoms with Crippen LogP contribution in [0.15, 0.2) is 41.7 Å². The fraction of sp³-hybridized carbons (Fsp3) is 0.483. The first-order valence-electron chi connectivity index (χ1n) is 13.7. The van der Waals surface area contributed by atoms with Gasteiger partial charge >= 0.3 is 5.69 Å². The molecule has 2 fully saturated rings. The topological polar surface area (TPSA) is 80.7 Å². The average molecular weight is 516 g/mol. The number of benzene rings is 1. The van der Waals surface area contributed by atoms with E-state index in [1.54, 1.807) is 4.90 Å². The summed E-state index contributed by atoms with van der Waals surface area (Å²) in [5.74, 6) is 0.625. The number of aromatic amines is 1. The van der Waals surface area contributed by atoms with Crippen molar-refractivity contribution in [2.45, 2.75) is 38.4 Å². The first-order chi connectivity index (χ1) is 18.4. The van der Waals surface area contributed by atoms with Crippen LogP contribution in [0.5, 0.6) is 0 Å². The molecule has 5 heterocycles. The summed E-state index contributed by atoms with van der Waals surface area (Å²) in [6, 6.07) is 9.03. The van der Waals surface area contributed by atoms with Gasteiger partial charge < -0.3 is 24.6 Å². The van der Waals surface area contributed by atoms with Gasteiger partial charge in [-0.15, -0.1) is 0 Å². The van der Waals surface area contributed by atoms with E-state index in [1.165, 1.54) is 22.8 Å².